The SMILES string of the molecule is CC1CCC2(CC1)NC(=O)N(CN(C1CCCC1)C1CC1)C2=O. The Balaban J connectivity index is 1.47. The molecule has 1 aliphatic heterocycles. The maximum Gasteiger partial charge on any atom is 0.326 e. The standard InChI is InChI=1S/C18H29N3O2/c1-13-8-10-18(11-9-13)16(22)21(17(23)19-18)12-20(15-6-7-15)14-4-2-3-5-14/h13-15H,2-12H2,1H3,(H,19,23). The Morgan fingerprint density at radius 1 is 1.04 bits per heavy atom. The molecule has 3 aliphatic carbocycles. The molecular weight excluding hydrogens is 290 g/mol. The molecule has 4 fully saturated rings. The zero-order valence-corrected chi connectivity index (χ0v) is 14.2. The largest absolute Gasteiger partial charge is 0.326 e. The van der Waals surface area contributed by atoms with E-state index >= 15 is 0 Å². The normalized spacial score (nSPS) is 35.6. The van der Waals surface area contributed by atoms with Crippen LogP contribution in [0, 0.1) is 5.92 Å². The molecule has 3 saturated carbocycles. The summed E-state index contributed by atoms with van der Waals surface area (Å²) in [5.74, 6) is 0.707. The van der Waals surface area contributed by atoms with Gasteiger partial charge in [-0.15, -0.1) is 0 Å². The van der Waals surface area contributed by atoms with E-state index in [-0.39, 0.29) is 11.9 Å². The molecule has 0 atom stereocenters. The van der Waals surface area contributed by atoms with E-state index in [2.05, 4.69) is 17.1 Å². The van der Waals surface area contributed by atoms with Gasteiger partial charge in [-0.3, -0.25) is 9.69 Å². The van der Waals surface area contributed by atoms with Gasteiger partial charge in [-0.05, 0) is 57.3 Å². The summed E-state index contributed by atoms with van der Waals surface area (Å²) in [6.45, 7) is 2.75. The topological polar surface area (TPSA) is 52.7 Å². The molecule has 5 heteroatoms. The summed E-state index contributed by atoms with van der Waals surface area (Å²) in [7, 11) is 0. The lowest BCUT2D eigenvalue weighted by Crippen LogP contribution is -2.50. The van der Waals surface area contributed by atoms with Crippen molar-refractivity contribution >= 4 is 11.9 Å². The van der Waals surface area contributed by atoms with E-state index in [1.54, 1.807) is 0 Å². The van der Waals surface area contributed by atoms with Gasteiger partial charge in [-0.2, -0.15) is 0 Å². The van der Waals surface area contributed by atoms with Gasteiger partial charge in [0, 0.05) is 12.1 Å². The van der Waals surface area contributed by atoms with Gasteiger partial charge in [0.05, 0.1) is 6.67 Å². The van der Waals surface area contributed by atoms with Crippen LogP contribution >= 0.6 is 0 Å². The number of carbonyl (C=O) groups excluding carboxylic acids is 2. The summed E-state index contributed by atoms with van der Waals surface area (Å²) >= 11 is 0. The average Bonchev–Trinajstić information content (AvgIpc) is 3.18. The molecular formula is C18H29N3O2. The fraction of sp³-hybridized carbons (Fsp3) is 0.889. The van der Waals surface area contributed by atoms with Crippen molar-refractivity contribution in [2.45, 2.75) is 88.8 Å². The second-order valence-corrected chi connectivity index (χ2v) is 8.25. The third kappa shape index (κ3) is 2.77. The van der Waals surface area contributed by atoms with Crippen molar-refractivity contribution in [2.75, 3.05) is 6.67 Å². The van der Waals surface area contributed by atoms with Gasteiger partial charge in [0.2, 0.25) is 0 Å². The molecule has 1 spiro atoms. The smallest absolute Gasteiger partial charge is 0.323 e. The van der Waals surface area contributed by atoms with Gasteiger partial charge in [-0.1, -0.05) is 19.8 Å². The Morgan fingerprint density at radius 3 is 2.26 bits per heavy atom. The second-order valence-electron chi connectivity index (χ2n) is 8.25. The maximum atomic E-state index is 13.0. The van der Waals surface area contributed by atoms with E-state index < -0.39 is 5.54 Å². The Bertz CT molecular complexity index is 488. The van der Waals surface area contributed by atoms with Crippen LogP contribution in [0.3, 0.4) is 0 Å². The summed E-state index contributed by atoms with van der Waals surface area (Å²) in [5.41, 5.74) is -0.589. The quantitative estimate of drug-likeness (QED) is 0.811. The van der Waals surface area contributed by atoms with E-state index in [1.165, 1.54) is 43.4 Å². The summed E-state index contributed by atoms with van der Waals surface area (Å²) in [6, 6.07) is 1.01. The van der Waals surface area contributed by atoms with Crippen LogP contribution < -0.4 is 5.32 Å². The summed E-state index contributed by atoms with van der Waals surface area (Å²) < 4.78 is 0. The highest BCUT2D eigenvalue weighted by Gasteiger charge is 2.53. The van der Waals surface area contributed by atoms with Crippen LogP contribution in [0.25, 0.3) is 0 Å². The first kappa shape index (κ1) is 15.4. The molecule has 5 nitrogen and oxygen atoms in total. The first-order chi connectivity index (χ1) is 11.1. The molecule has 0 aromatic carbocycles. The van der Waals surface area contributed by atoms with E-state index in [4.69, 9.17) is 0 Å². The molecule has 128 valence electrons. The third-order valence-corrected chi connectivity index (χ3v) is 6.49. The van der Waals surface area contributed by atoms with Crippen molar-refractivity contribution < 1.29 is 9.59 Å². The highest BCUT2D eigenvalue weighted by atomic mass is 16.2. The van der Waals surface area contributed by atoms with E-state index in [9.17, 15) is 9.59 Å². The number of urea groups is 1. The number of amides is 3. The molecule has 1 heterocycles. The van der Waals surface area contributed by atoms with Crippen molar-refractivity contribution in [3.63, 3.8) is 0 Å². The highest BCUT2D eigenvalue weighted by molar-refractivity contribution is 6.07. The van der Waals surface area contributed by atoms with Crippen LogP contribution in [-0.4, -0.2) is 46.0 Å². The van der Waals surface area contributed by atoms with Crippen LogP contribution in [-0.2, 0) is 4.79 Å². The van der Waals surface area contributed by atoms with Crippen molar-refractivity contribution in [1.82, 2.24) is 15.1 Å². The fourth-order valence-corrected chi connectivity index (χ4v) is 4.73. The van der Waals surface area contributed by atoms with Crippen molar-refractivity contribution in [3.05, 3.63) is 0 Å². The average molecular weight is 319 g/mol. The predicted octanol–water partition coefficient (Wildman–Crippen LogP) is 2.85. The number of hydrogen-bond acceptors (Lipinski definition) is 3. The van der Waals surface area contributed by atoms with Gasteiger partial charge >= 0.3 is 6.03 Å². The highest BCUT2D eigenvalue weighted by Crippen LogP contribution is 2.38. The number of hydrogen-bond donors (Lipinski definition) is 1. The van der Waals surface area contributed by atoms with E-state index in [0.29, 0.717) is 24.7 Å². The first-order valence-electron chi connectivity index (χ1n) is 9.49. The molecule has 1 N–H and O–H groups in total. The summed E-state index contributed by atoms with van der Waals surface area (Å²) in [4.78, 5) is 29.5. The van der Waals surface area contributed by atoms with Gasteiger partial charge < -0.3 is 5.32 Å². The van der Waals surface area contributed by atoms with Crippen LogP contribution in [0.4, 0.5) is 4.79 Å². The van der Waals surface area contributed by atoms with E-state index in [1.807, 2.05) is 0 Å². The Morgan fingerprint density at radius 2 is 1.65 bits per heavy atom. The van der Waals surface area contributed by atoms with Crippen LogP contribution in [0.5, 0.6) is 0 Å². The lowest BCUT2D eigenvalue weighted by molar-refractivity contribution is -0.134. The van der Waals surface area contributed by atoms with Crippen molar-refractivity contribution in [2.24, 2.45) is 5.92 Å². The molecule has 4 rings (SSSR count). The molecule has 4 aliphatic rings. The van der Waals surface area contributed by atoms with E-state index in [0.717, 1.165) is 25.7 Å². The molecule has 0 unspecified atom stereocenters. The monoisotopic (exact) mass is 319 g/mol. The molecule has 0 aromatic rings. The summed E-state index contributed by atoms with van der Waals surface area (Å²) in [6.07, 6.45) is 11.2. The molecule has 0 aromatic heterocycles. The van der Waals surface area contributed by atoms with Crippen LogP contribution in [0.2, 0.25) is 0 Å². The minimum absolute atomic E-state index is 0.0399. The number of carbonyl (C=O) groups is 2. The van der Waals surface area contributed by atoms with Gasteiger partial charge in [-0.25, -0.2) is 9.69 Å². The second kappa shape index (κ2) is 5.76. The molecule has 0 bridgehead atoms. The zero-order valence-electron chi connectivity index (χ0n) is 14.2. The van der Waals surface area contributed by atoms with Crippen molar-refractivity contribution in [3.8, 4) is 0 Å². The molecule has 23 heavy (non-hydrogen) atoms. The number of imide groups is 1. The predicted molar refractivity (Wildman–Crippen MR) is 87.7 cm³/mol. The van der Waals surface area contributed by atoms with Crippen molar-refractivity contribution in [1.29, 1.82) is 0 Å². The minimum atomic E-state index is -0.589. The lowest BCUT2D eigenvalue weighted by Gasteiger charge is -2.35. The third-order valence-electron chi connectivity index (χ3n) is 6.49. The lowest BCUT2D eigenvalue weighted by atomic mass is 9.77. The minimum Gasteiger partial charge on any atom is -0.323 e. The molecule has 1 saturated heterocycles. The Hall–Kier alpha value is -1.10. The van der Waals surface area contributed by atoms with Gasteiger partial charge in [0.1, 0.15) is 5.54 Å². The molecule has 3 amide bonds. The van der Waals surface area contributed by atoms with Crippen LogP contribution in [0.15, 0.2) is 0 Å². The Labute approximate surface area is 138 Å². The Kier molecular flexibility index (Phi) is 3.87. The zero-order chi connectivity index (χ0) is 16.0. The maximum absolute atomic E-state index is 13.0. The number of nitrogens with one attached hydrogen (secondary N) is 1. The summed E-state index contributed by atoms with van der Waals surface area (Å²) in [5, 5.41) is 3.06. The molecule has 0 radical (unpaired) electrons. The number of rotatable bonds is 4. The van der Waals surface area contributed by atoms with Gasteiger partial charge in [0.25, 0.3) is 5.91 Å². The first-order valence-corrected chi connectivity index (χ1v) is 9.49. The fourth-order valence-electron chi connectivity index (χ4n) is 4.73. The number of nitrogens with zero attached hydrogens (tertiary/aromatic N) is 2. The van der Waals surface area contributed by atoms with Crippen LogP contribution in [0.1, 0.15) is 71.1 Å². The van der Waals surface area contributed by atoms with Gasteiger partial charge in [0.15, 0.2) is 0 Å².